The number of methoxy groups -OCH3 is 1. The van der Waals surface area contributed by atoms with Crippen molar-refractivity contribution in [3.63, 3.8) is 0 Å². The van der Waals surface area contributed by atoms with Gasteiger partial charge in [-0.3, -0.25) is 0 Å². The van der Waals surface area contributed by atoms with E-state index in [1.807, 2.05) is 0 Å². The molecule has 2 fully saturated rings. The van der Waals surface area contributed by atoms with E-state index in [9.17, 15) is 0 Å². The molecular formula is C35H46N7O2+. The summed E-state index contributed by atoms with van der Waals surface area (Å²) in [7, 11) is 6.06. The van der Waals surface area contributed by atoms with Gasteiger partial charge in [0.05, 0.1) is 18.8 Å². The molecule has 1 aromatic heterocycles. The molecule has 6 rings (SSSR count). The van der Waals surface area contributed by atoms with E-state index < -0.39 is 0 Å². The maximum absolute atomic E-state index is 6.37. The minimum atomic E-state index is 0.381. The molecule has 0 spiro atoms. The number of likely N-dealkylation sites (tertiary alicyclic amines) is 1. The van der Waals surface area contributed by atoms with Crippen molar-refractivity contribution in [3.05, 3.63) is 53.2 Å². The molecular weight excluding hydrogens is 550 g/mol. The second-order valence-corrected chi connectivity index (χ2v) is 12.5. The average Bonchev–Trinajstić information content (AvgIpc) is 3.47. The Balaban J connectivity index is 1.26. The Morgan fingerprint density at radius 1 is 1.07 bits per heavy atom. The van der Waals surface area contributed by atoms with Crippen molar-refractivity contribution < 1.29 is 9.47 Å². The molecule has 1 aliphatic carbocycles. The van der Waals surface area contributed by atoms with Gasteiger partial charge in [0.15, 0.2) is 12.3 Å². The number of aromatic nitrogens is 2. The first-order chi connectivity index (χ1) is 21.5. The van der Waals surface area contributed by atoms with Gasteiger partial charge in [0, 0.05) is 62.3 Å². The van der Waals surface area contributed by atoms with Crippen molar-refractivity contribution in [1.29, 1.82) is 0 Å². The molecule has 0 N–H and O–H groups in total. The lowest BCUT2D eigenvalue weighted by atomic mass is 9.92. The third kappa shape index (κ3) is 6.67. The van der Waals surface area contributed by atoms with Crippen LogP contribution in [0.15, 0.2) is 41.4 Å². The van der Waals surface area contributed by atoms with Crippen LogP contribution in [0.3, 0.4) is 0 Å². The maximum atomic E-state index is 6.37. The summed E-state index contributed by atoms with van der Waals surface area (Å²) in [5.74, 6) is 1.02. The fourth-order valence-electron chi connectivity index (χ4n) is 6.98. The highest BCUT2D eigenvalue weighted by molar-refractivity contribution is 5.97. The molecule has 3 aliphatic rings. The zero-order valence-corrected chi connectivity index (χ0v) is 26.8. The number of aryl methyl sites for hydroxylation is 1. The lowest BCUT2D eigenvalue weighted by molar-refractivity contribution is 0.187. The second kappa shape index (κ2) is 13.9. The summed E-state index contributed by atoms with van der Waals surface area (Å²) < 4.78 is 15.9. The van der Waals surface area contributed by atoms with Gasteiger partial charge in [-0.25, -0.2) is 0 Å². The van der Waals surface area contributed by atoms with Crippen LogP contribution in [0.1, 0.15) is 55.3 Å². The Hall–Kier alpha value is -3.74. The van der Waals surface area contributed by atoms with Crippen molar-refractivity contribution in [2.24, 2.45) is 4.99 Å². The largest absolute Gasteiger partial charge is 0.462 e. The molecule has 3 aromatic rings. The van der Waals surface area contributed by atoms with Crippen LogP contribution < -0.4 is 19.2 Å². The Labute approximate surface area is 261 Å². The van der Waals surface area contributed by atoms with Gasteiger partial charge in [0.1, 0.15) is 12.4 Å². The van der Waals surface area contributed by atoms with E-state index in [1.54, 1.807) is 7.11 Å². The zero-order valence-electron chi connectivity index (χ0n) is 26.8. The van der Waals surface area contributed by atoms with Gasteiger partial charge in [-0.1, -0.05) is 30.3 Å². The Morgan fingerprint density at radius 2 is 1.89 bits per heavy atom. The van der Waals surface area contributed by atoms with Crippen LogP contribution in [-0.4, -0.2) is 92.7 Å². The molecule has 0 radical (unpaired) electrons. The Morgan fingerprint density at radius 3 is 2.66 bits per heavy atom. The molecule has 1 saturated heterocycles. The summed E-state index contributed by atoms with van der Waals surface area (Å²) in [6.45, 7) is 6.81. The minimum absolute atomic E-state index is 0.381. The highest BCUT2D eigenvalue weighted by Crippen LogP contribution is 2.36. The number of hydrogen-bond acceptors (Lipinski definition) is 8. The summed E-state index contributed by atoms with van der Waals surface area (Å²) in [4.78, 5) is 21.6. The maximum Gasteiger partial charge on any atom is 0.422 e. The molecule has 0 unspecified atom stereocenters. The number of aliphatic imine (C=N–C) groups is 1. The average molecular weight is 597 g/mol. The fourth-order valence-corrected chi connectivity index (χ4v) is 6.98. The van der Waals surface area contributed by atoms with E-state index in [0.717, 1.165) is 69.7 Å². The number of hydrogen-bond donors (Lipinski definition) is 0. The first-order valence-electron chi connectivity index (χ1n) is 16.2. The van der Waals surface area contributed by atoms with Crippen LogP contribution in [-0.2, 0) is 17.7 Å². The molecule has 2 aromatic carbocycles. The van der Waals surface area contributed by atoms with Crippen molar-refractivity contribution in [3.8, 4) is 6.01 Å². The Bertz CT molecular complexity index is 1560. The fraction of sp³-hybridized carbons (Fsp3) is 0.543. The Kier molecular flexibility index (Phi) is 9.58. The molecule has 3 heterocycles. The standard InChI is InChI=1S/C35H46N7O2/c1-25-8-5-9-26-10-6-12-32(33(25)26)42-20-17-30-31(22-42)38-35(44-23-29-11-7-19-40(29)2)39-34(30)41(3)28-15-13-27(14-16-28)37-24-36-18-21-43-4/h5-6,8-10,12,28-29H,7,11,13-23H2,1-4H3/q+1/t29-/m0/s1. The van der Waals surface area contributed by atoms with E-state index in [1.165, 1.54) is 39.7 Å². The lowest BCUT2D eigenvalue weighted by Crippen LogP contribution is -2.39. The highest BCUT2D eigenvalue weighted by atomic mass is 16.5. The normalized spacial score (nSPS) is 20.3. The minimum Gasteiger partial charge on any atom is -0.462 e. The number of anilines is 2. The summed E-state index contributed by atoms with van der Waals surface area (Å²) >= 11 is 0. The van der Waals surface area contributed by atoms with Gasteiger partial charge in [-0.2, -0.15) is 14.6 Å². The summed E-state index contributed by atoms with van der Waals surface area (Å²) in [5.41, 5.74) is 6.08. The van der Waals surface area contributed by atoms with Crippen LogP contribution >= 0.6 is 0 Å². The predicted molar refractivity (Wildman–Crippen MR) is 179 cm³/mol. The number of benzene rings is 2. The van der Waals surface area contributed by atoms with Crippen LogP contribution in [0.5, 0.6) is 6.01 Å². The molecule has 9 heteroatoms. The van der Waals surface area contributed by atoms with Gasteiger partial charge in [0.2, 0.25) is 0 Å². The molecule has 9 nitrogen and oxygen atoms in total. The van der Waals surface area contributed by atoms with Crippen molar-refractivity contribution in [2.75, 3.05) is 63.9 Å². The molecule has 1 saturated carbocycles. The van der Waals surface area contributed by atoms with Crippen LogP contribution in [0, 0.1) is 6.92 Å². The van der Waals surface area contributed by atoms with Crippen molar-refractivity contribution in [1.82, 2.24) is 19.5 Å². The zero-order chi connectivity index (χ0) is 30.5. The van der Waals surface area contributed by atoms with Crippen LogP contribution in [0.2, 0.25) is 0 Å². The first-order valence-corrected chi connectivity index (χ1v) is 16.2. The van der Waals surface area contributed by atoms with Crippen molar-refractivity contribution in [2.45, 2.75) is 70.5 Å². The van der Waals surface area contributed by atoms with E-state index in [0.29, 0.717) is 37.9 Å². The third-order valence-electron chi connectivity index (χ3n) is 9.63. The smallest absolute Gasteiger partial charge is 0.422 e. The van der Waals surface area contributed by atoms with E-state index >= 15 is 0 Å². The third-order valence-corrected chi connectivity index (χ3v) is 9.63. The molecule has 1 atom stereocenters. The molecule has 2 aliphatic heterocycles. The van der Waals surface area contributed by atoms with Gasteiger partial charge in [0.25, 0.3) is 0 Å². The number of fused-ring (bicyclic) bond motifs is 2. The van der Waals surface area contributed by atoms with E-state index in [4.69, 9.17) is 19.4 Å². The van der Waals surface area contributed by atoms with Gasteiger partial charge in [-0.05, 0) is 74.6 Å². The number of likely N-dealkylation sites (N-methyl/N-ethyl adjacent to an activating group) is 1. The van der Waals surface area contributed by atoms with Gasteiger partial charge in [-0.15, -0.1) is 0 Å². The van der Waals surface area contributed by atoms with E-state index in [2.05, 4.69) is 87.8 Å². The second-order valence-electron chi connectivity index (χ2n) is 12.5. The SMILES string of the molecule is COCCN=C=[N+]=C1CCC(N(C)c2nc(OC[C@@H]3CCCN3C)nc3c2CCN(c2cccc4cccc(C)c24)C3)CC1. The monoisotopic (exact) mass is 596 g/mol. The summed E-state index contributed by atoms with van der Waals surface area (Å²) in [6.07, 6.45) is 7.21. The van der Waals surface area contributed by atoms with Crippen LogP contribution in [0.4, 0.5) is 11.5 Å². The summed E-state index contributed by atoms with van der Waals surface area (Å²) in [5, 5.41) is 2.60. The molecule has 0 bridgehead atoms. The predicted octanol–water partition coefficient (Wildman–Crippen LogP) is 4.68. The number of ether oxygens (including phenoxy) is 2. The van der Waals surface area contributed by atoms with Crippen molar-refractivity contribution >= 4 is 34.0 Å². The highest BCUT2D eigenvalue weighted by Gasteiger charge is 2.31. The summed E-state index contributed by atoms with van der Waals surface area (Å²) in [6, 6.07) is 17.3. The number of rotatable bonds is 9. The van der Waals surface area contributed by atoms with Gasteiger partial charge < -0.3 is 24.2 Å². The number of nitrogens with zero attached hydrogens (tertiary/aromatic N) is 7. The first kappa shape index (κ1) is 30.3. The molecule has 0 amide bonds. The lowest BCUT2D eigenvalue weighted by Gasteiger charge is -2.36. The molecule has 44 heavy (non-hydrogen) atoms. The van der Waals surface area contributed by atoms with Gasteiger partial charge >= 0.3 is 12.0 Å². The van der Waals surface area contributed by atoms with E-state index in [-0.39, 0.29) is 0 Å². The quantitative estimate of drug-likeness (QED) is 0.202. The molecule has 232 valence electrons. The van der Waals surface area contributed by atoms with Crippen LogP contribution in [0.25, 0.3) is 10.8 Å². The topological polar surface area (TPSA) is 80.4 Å².